The predicted octanol–water partition coefficient (Wildman–Crippen LogP) is 2.58. The molecule has 1 heterocycles. The smallest absolute Gasteiger partial charge is 0.0509 e. The molecule has 0 aromatic rings. The molecule has 4 atom stereocenters. The monoisotopic (exact) mass is 211 g/mol. The van der Waals surface area contributed by atoms with Gasteiger partial charge in [0.25, 0.3) is 0 Å². The van der Waals surface area contributed by atoms with Gasteiger partial charge in [0.05, 0.1) is 6.61 Å². The topological polar surface area (TPSA) is 21.3 Å². The Hall–Kier alpha value is -0.0800. The zero-order chi connectivity index (χ0) is 10.7. The zero-order valence-electron chi connectivity index (χ0n) is 10.2. The molecule has 88 valence electrons. The van der Waals surface area contributed by atoms with Gasteiger partial charge in [-0.2, -0.15) is 0 Å². The van der Waals surface area contributed by atoms with E-state index in [0.29, 0.717) is 6.04 Å². The van der Waals surface area contributed by atoms with E-state index in [1.165, 1.54) is 32.1 Å². The molecule has 1 saturated carbocycles. The van der Waals surface area contributed by atoms with Crippen molar-refractivity contribution in [2.75, 3.05) is 13.2 Å². The van der Waals surface area contributed by atoms with Crippen LogP contribution in [-0.4, -0.2) is 25.3 Å². The van der Waals surface area contributed by atoms with Crippen LogP contribution >= 0.6 is 0 Å². The first-order valence-corrected chi connectivity index (χ1v) is 6.59. The highest BCUT2D eigenvalue weighted by molar-refractivity contribution is 4.82. The zero-order valence-corrected chi connectivity index (χ0v) is 10.2. The summed E-state index contributed by atoms with van der Waals surface area (Å²) in [7, 11) is 0. The lowest BCUT2D eigenvalue weighted by molar-refractivity contribution is 0.173. The summed E-state index contributed by atoms with van der Waals surface area (Å²) in [4.78, 5) is 0. The first-order valence-electron chi connectivity index (χ1n) is 6.59. The Morgan fingerprint density at radius 2 is 2.13 bits per heavy atom. The van der Waals surface area contributed by atoms with Gasteiger partial charge in [0.1, 0.15) is 0 Å². The van der Waals surface area contributed by atoms with Gasteiger partial charge >= 0.3 is 0 Å². The van der Waals surface area contributed by atoms with Crippen molar-refractivity contribution in [1.82, 2.24) is 5.32 Å². The Kier molecular flexibility index (Phi) is 4.04. The van der Waals surface area contributed by atoms with Crippen LogP contribution in [0.4, 0.5) is 0 Å². The van der Waals surface area contributed by atoms with Gasteiger partial charge in [-0.3, -0.25) is 0 Å². The van der Waals surface area contributed by atoms with E-state index in [1.54, 1.807) is 0 Å². The highest BCUT2D eigenvalue weighted by Crippen LogP contribution is 2.25. The van der Waals surface area contributed by atoms with Crippen LogP contribution in [0.1, 0.15) is 46.0 Å². The van der Waals surface area contributed by atoms with Crippen LogP contribution in [0.2, 0.25) is 0 Å². The molecular weight excluding hydrogens is 186 g/mol. The second-order valence-electron chi connectivity index (χ2n) is 5.55. The highest BCUT2D eigenvalue weighted by atomic mass is 16.5. The lowest BCUT2D eigenvalue weighted by Gasteiger charge is -2.32. The Bertz CT molecular complexity index is 189. The van der Waals surface area contributed by atoms with Crippen LogP contribution in [0.3, 0.4) is 0 Å². The summed E-state index contributed by atoms with van der Waals surface area (Å²) in [6.07, 6.45) is 6.84. The minimum atomic E-state index is 0.641. The third kappa shape index (κ3) is 3.18. The van der Waals surface area contributed by atoms with Crippen molar-refractivity contribution in [2.24, 2.45) is 11.8 Å². The van der Waals surface area contributed by atoms with E-state index in [-0.39, 0.29) is 0 Å². The Labute approximate surface area is 93.8 Å². The van der Waals surface area contributed by atoms with Gasteiger partial charge in [-0.15, -0.1) is 0 Å². The maximum absolute atomic E-state index is 5.45. The first-order chi connectivity index (χ1) is 7.25. The molecule has 0 amide bonds. The Morgan fingerprint density at radius 1 is 1.27 bits per heavy atom. The summed E-state index contributed by atoms with van der Waals surface area (Å²) in [6, 6.07) is 1.41. The van der Waals surface area contributed by atoms with Crippen molar-refractivity contribution in [3.8, 4) is 0 Å². The van der Waals surface area contributed by atoms with Crippen LogP contribution < -0.4 is 5.32 Å². The molecule has 2 rings (SSSR count). The summed E-state index contributed by atoms with van der Waals surface area (Å²) in [6.45, 7) is 6.66. The minimum absolute atomic E-state index is 0.641. The fourth-order valence-electron chi connectivity index (χ4n) is 3.04. The van der Waals surface area contributed by atoms with Gasteiger partial charge in [-0.25, -0.2) is 0 Å². The van der Waals surface area contributed by atoms with Crippen molar-refractivity contribution in [3.05, 3.63) is 0 Å². The molecule has 15 heavy (non-hydrogen) atoms. The van der Waals surface area contributed by atoms with Crippen molar-refractivity contribution in [3.63, 3.8) is 0 Å². The van der Waals surface area contributed by atoms with Gasteiger partial charge in [-0.1, -0.05) is 19.8 Å². The molecule has 4 unspecified atom stereocenters. The largest absolute Gasteiger partial charge is 0.381 e. The molecule has 0 aromatic heterocycles. The molecule has 1 aliphatic carbocycles. The van der Waals surface area contributed by atoms with E-state index in [0.717, 1.165) is 31.1 Å². The normalized spacial score (nSPS) is 39.2. The Balaban J connectivity index is 1.74. The van der Waals surface area contributed by atoms with Crippen LogP contribution in [0.5, 0.6) is 0 Å². The van der Waals surface area contributed by atoms with Gasteiger partial charge in [0.15, 0.2) is 0 Å². The van der Waals surface area contributed by atoms with E-state index >= 15 is 0 Å². The summed E-state index contributed by atoms with van der Waals surface area (Å²) in [5, 5.41) is 3.81. The van der Waals surface area contributed by atoms with Gasteiger partial charge in [-0.05, 0) is 38.0 Å². The van der Waals surface area contributed by atoms with Gasteiger partial charge < -0.3 is 10.1 Å². The fourth-order valence-corrected chi connectivity index (χ4v) is 3.04. The molecule has 0 spiro atoms. The SMILES string of the molecule is CC1CCCC(NC(C)C2CCOC2)C1. The first kappa shape index (κ1) is 11.4. The van der Waals surface area contributed by atoms with Gasteiger partial charge in [0, 0.05) is 18.7 Å². The lowest BCUT2D eigenvalue weighted by Crippen LogP contribution is -2.43. The number of hydrogen-bond donors (Lipinski definition) is 1. The molecule has 1 saturated heterocycles. The lowest BCUT2D eigenvalue weighted by atomic mass is 9.86. The average molecular weight is 211 g/mol. The second kappa shape index (κ2) is 5.31. The minimum Gasteiger partial charge on any atom is -0.381 e. The summed E-state index contributed by atoms with van der Waals surface area (Å²) < 4.78 is 5.45. The molecule has 1 aliphatic heterocycles. The average Bonchev–Trinajstić information content (AvgIpc) is 2.70. The number of nitrogens with one attached hydrogen (secondary N) is 1. The van der Waals surface area contributed by atoms with Crippen LogP contribution in [0, 0.1) is 11.8 Å². The maximum Gasteiger partial charge on any atom is 0.0509 e. The number of ether oxygens (including phenoxy) is 1. The molecule has 0 bridgehead atoms. The number of hydrogen-bond acceptors (Lipinski definition) is 2. The van der Waals surface area contributed by atoms with Crippen molar-refractivity contribution in [1.29, 1.82) is 0 Å². The molecule has 2 aliphatic rings. The quantitative estimate of drug-likeness (QED) is 0.774. The molecule has 2 nitrogen and oxygen atoms in total. The van der Waals surface area contributed by atoms with Gasteiger partial charge in [0.2, 0.25) is 0 Å². The van der Waals surface area contributed by atoms with E-state index < -0.39 is 0 Å². The molecule has 2 heteroatoms. The third-order valence-corrected chi connectivity index (χ3v) is 4.11. The summed E-state index contributed by atoms with van der Waals surface area (Å²) in [5.74, 6) is 1.67. The highest BCUT2D eigenvalue weighted by Gasteiger charge is 2.26. The van der Waals surface area contributed by atoms with E-state index in [2.05, 4.69) is 19.2 Å². The molecule has 2 fully saturated rings. The van der Waals surface area contributed by atoms with Crippen LogP contribution in [0.25, 0.3) is 0 Å². The van der Waals surface area contributed by atoms with E-state index in [9.17, 15) is 0 Å². The summed E-state index contributed by atoms with van der Waals surface area (Å²) in [5.41, 5.74) is 0. The maximum atomic E-state index is 5.45. The summed E-state index contributed by atoms with van der Waals surface area (Å²) >= 11 is 0. The van der Waals surface area contributed by atoms with Crippen LogP contribution in [-0.2, 0) is 4.74 Å². The third-order valence-electron chi connectivity index (χ3n) is 4.11. The molecular formula is C13H25NO. The van der Waals surface area contributed by atoms with Crippen molar-refractivity contribution >= 4 is 0 Å². The van der Waals surface area contributed by atoms with E-state index in [1.807, 2.05) is 0 Å². The molecule has 0 radical (unpaired) electrons. The molecule has 0 aromatic carbocycles. The van der Waals surface area contributed by atoms with E-state index in [4.69, 9.17) is 4.74 Å². The Morgan fingerprint density at radius 3 is 2.80 bits per heavy atom. The fraction of sp³-hybridized carbons (Fsp3) is 1.00. The van der Waals surface area contributed by atoms with Crippen molar-refractivity contribution < 1.29 is 4.74 Å². The standard InChI is InChI=1S/C13H25NO/c1-10-4-3-5-13(8-10)14-11(2)12-6-7-15-9-12/h10-14H,3-9H2,1-2H3. The second-order valence-corrected chi connectivity index (χ2v) is 5.55. The molecule has 1 N–H and O–H groups in total. The predicted molar refractivity (Wildman–Crippen MR) is 62.9 cm³/mol. The van der Waals surface area contributed by atoms with Crippen LogP contribution in [0.15, 0.2) is 0 Å². The number of rotatable bonds is 3. The van der Waals surface area contributed by atoms with Crippen molar-refractivity contribution in [2.45, 2.75) is 58.0 Å².